The van der Waals surface area contributed by atoms with Crippen LogP contribution in [0, 0.1) is 34.5 Å². The average Bonchev–Trinajstić information content (AvgIpc) is 3.52. The Labute approximate surface area is 191 Å². The van der Waals surface area contributed by atoms with Crippen molar-refractivity contribution in [2.75, 3.05) is 0 Å². The molecule has 178 valence electrons. The van der Waals surface area contributed by atoms with Gasteiger partial charge in [-0.1, -0.05) is 20.8 Å². The van der Waals surface area contributed by atoms with Gasteiger partial charge in [-0.2, -0.15) is 0 Å². The largest absolute Gasteiger partial charge is 0.462 e. The third-order valence-corrected chi connectivity index (χ3v) is 11.2. The molecule has 0 aromatic carbocycles. The maximum absolute atomic E-state index is 11.8. The van der Waals surface area contributed by atoms with Crippen molar-refractivity contribution >= 4 is 11.9 Å². The van der Waals surface area contributed by atoms with Crippen LogP contribution >= 0.6 is 0 Å². The summed E-state index contributed by atoms with van der Waals surface area (Å²) in [6, 6.07) is 0. The van der Waals surface area contributed by atoms with Crippen LogP contribution in [-0.2, 0) is 28.5 Å². The van der Waals surface area contributed by atoms with Crippen molar-refractivity contribution < 1.29 is 28.5 Å². The van der Waals surface area contributed by atoms with Gasteiger partial charge >= 0.3 is 11.9 Å². The standard InChI is InChI=1S/C26H38O6/c1-14-11-20-18-12-21-25(31-21)13-17(29-15(2)27)7-9-22(25,4)19(18)8-10-23(20,5)26(14)24(6,32-26)30-16(3)28/h14,17-21H,7-13H2,1-6H3/t14-,17?,18-,19+,20+,21+,22-,23+,24?,25+,26?/m1/s1. The zero-order chi connectivity index (χ0) is 22.9. The number of esters is 2. The van der Waals surface area contributed by atoms with E-state index in [4.69, 9.17) is 18.9 Å². The highest BCUT2D eigenvalue weighted by Crippen LogP contribution is 2.79. The Bertz CT molecular complexity index is 888. The van der Waals surface area contributed by atoms with E-state index < -0.39 is 5.79 Å². The van der Waals surface area contributed by atoms with E-state index in [2.05, 4.69) is 20.8 Å². The summed E-state index contributed by atoms with van der Waals surface area (Å²) in [5.41, 5.74) is -0.322. The Morgan fingerprint density at radius 2 is 1.66 bits per heavy atom. The molecular formula is C26H38O6. The predicted octanol–water partition coefficient (Wildman–Crippen LogP) is 4.39. The highest BCUT2D eigenvalue weighted by atomic mass is 16.8. The van der Waals surface area contributed by atoms with Crippen molar-refractivity contribution in [3.05, 3.63) is 0 Å². The summed E-state index contributed by atoms with van der Waals surface area (Å²) >= 11 is 0. The van der Waals surface area contributed by atoms with Gasteiger partial charge in [-0.3, -0.25) is 9.59 Å². The van der Waals surface area contributed by atoms with Crippen LogP contribution in [0.25, 0.3) is 0 Å². The van der Waals surface area contributed by atoms with Crippen LogP contribution in [-0.4, -0.2) is 41.1 Å². The zero-order valence-electron chi connectivity index (χ0n) is 20.4. The summed E-state index contributed by atoms with van der Waals surface area (Å²) in [5.74, 6) is 0.910. The second-order valence-electron chi connectivity index (χ2n) is 12.5. The van der Waals surface area contributed by atoms with E-state index in [9.17, 15) is 9.59 Å². The lowest BCUT2D eigenvalue weighted by atomic mass is 9.44. The second kappa shape index (κ2) is 6.10. The van der Waals surface area contributed by atoms with Gasteiger partial charge in [0, 0.05) is 38.0 Å². The maximum atomic E-state index is 11.8. The molecule has 0 radical (unpaired) electrons. The molecule has 6 fully saturated rings. The Balaban J connectivity index is 1.29. The fourth-order valence-corrected chi connectivity index (χ4v) is 10.1. The second-order valence-corrected chi connectivity index (χ2v) is 12.5. The van der Waals surface area contributed by atoms with Gasteiger partial charge < -0.3 is 18.9 Å². The molecule has 2 saturated heterocycles. The highest BCUT2D eigenvalue weighted by Gasteiger charge is 2.86. The van der Waals surface area contributed by atoms with Crippen molar-refractivity contribution in [1.29, 1.82) is 0 Å². The number of epoxide rings is 2. The van der Waals surface area contributed by atoms with Crippen molar-refractivity contribution in [1.82, 2.24) is 0 Å². The van der Waals surface area contributed by atoms with E-state index in [1.54, 1.807) is 0 Å². The molecule has 3 unspecified atom stereocenters. The molecule has 0 bridgehead atoms. The number of hydrogen-bond acceptors (Lipinski definition) is 6. The Morgan fingerprint density at radius 1 is 0.938 bits per heavy atom. The van der Waals surface area contributed by atoms with Crippen LogP contribution in [0.3, 0.4) is 0 Å². The van der Waals surface area contributed by atoms with Crippen LogP contribution in [0.4, 0.5) is 0 Å². The lowest BCUT2D eigenvalue weighted by Crippen LogP contribution is -2.59. The molecule has 6 rings (SSSR count). The third kappa shape index (κ3) is 2.29. The number of fused-ring (bicyclic) bond motifs is 5. The minimum Gasteiger partial charge on any atom is -0.462 e. The van der Waals surface area contributed by atoms with Crippen LogP contribution in [0.15, 0.2) is 0 Å². The normalized spacial score (nSPS) is 59.3. The van der Waals surface area contributed by atoms with Crippen LogP contribution < -0.4 is 0 Å². The lowest BCUT2D eigenvalue weighted by molar-refractivity contribution is -0.159. The van der Waals surface area contributed by atoms with Gasteiger partial charge in [0.05, 0.1) is 6.10 Å². The van der Waals surface area contributed by atoms with Gasteiger partial charge in [0.15, 0.2) is 0 Å². The molecule has 0 amide bonds. The minimum atomic E-state index is -0.797. The van der Waals surface area contributed by atoms with Gasteiger partial charge in [-0.25, -0.2) is 0 Å². The summed E-state index contributed by atoms with van der Waals surface area (Å²) in [7, 11) is 0. The summed E-state index contributed by atoms with van der Waals surface area (Å²) in [6.07, 6.45) is 7.62. The average molecular weight is 447 g/mol. The van der Waals surface area contributed by atoms with E-state index in [0.717, 1.165) is 44.9 Å². The summed E-state index contributed by atoms with van der Waals surface area (Å²) in [4.78, 5) is 23.4. The first-order valence-corrected chi connectivity index (χ1v) is 12.7. The lowest BCUT2D eigenvalue weighted by Gasteiger charge is -2.59. The quantitative estimate of drug-likeness (QED) is 0.463. The van der Waals surface area contributed by atoms with Gasteiger partial charge in [-0.15, -0.1) is 0 Å². The molecule has 2 aliphatic heterocycles. The van der Waals surface area contributed by atoms with Gasteiger partial charge in [0.2, 0.25) is 5.79 Å². The molecule has 4 aliphatic carbocycles. The molecule has 4 saturated carbocycles. The monoisotopic (exact) mass is 446 g/mol. The first kappa shape index (κ1) is 21.4. The maximum Gasteiger partial charge on any atom is 0.305 e. The van der Waals surface area contributed by atoms with Gasteiger partial charge in [0.25, 0.3) is 0 Å². The van der Waals surface area contributed by atoms with Crippen molar-refractivity contribution in [3.8, 4) is 0 Å². The minimum absolute atomic E-state index is 0.00458. The van der Waals surface area contributed by atoms with E-state index in [1.807, 2.05) is 6.92 Å². The summed E-state index contributed by atoms with van der Waals surface area (Å²) in [6.45, 7) is 12.1. The molecule has 6 nitrogen and oxygen atoms in total. The first-order valence-electron chi connectivity index (χ1n) is 12.7. The smallest absolute Gasteiger partial charge is 0.305 e. The fourth-order valence-electron chi connectivity index (χ4n) is 10.1. The third-order valence-electron chi connectivity index (χ3n) is 11.2. The molecule has 0 N–H and O–H groups in total. The summed E-state index contributed by atoms with van der Waals surface area (Å²) in [5, 5.41) is 0. The molecule has 11 atom stereocenters. The first-order chi connectivity index (χ1) is 14.9. The topological polar surface area (TPSA) is 77.7 Å². The van der Waals surface area contributed by atoms with Gasteiger partial charge in [-0.05, 0) is 62.2 Å². The Morgan fingerprint density at radius 3 is 2.34 bits per heavy atom. The molecule has 2 heterocycles. The van der Waals surface area contributed by atoms with Crippen molar-refractivity contribution in [2.45, 2.75) is 116 Å². The van der Waals surface area contributed by atoms with E-state index in [0.29, 0.717) is 23.7 Å². The Hall–Kier alpha value is -1.14. The molecule has 0 aromatic rings. The van der Waals surface area contributed by atoms with Crippen molar-refractivity contribution in [2.24, 2.45) is 34.5 Å². The zero-order valence-corrected chi connectivity index (χ0v) is 20.4. The van der Waals surface area contributed by atoms with Crippen LogP contribution in [0.2, 0.25) is 0 Å². The molecule has 2 spiro atoms. The van der Waals surface area contributed by atoms with Crippen LogP contribution in [0.5, 0.6) is 0 Å². The van der Waals surface area contributed by atoms with Gasteiger partial charge in [0.1, 0.15) is 17.3 Å². The number of hydrogen-bond donors (Lipinski definition) is 0. The fraction of sp³-hybridized carbons (Fsp3) is 0.923. The molecular weight excluding hydrogens is 408 g/mol. The highest BCUT2D eigenvalue weighted by molar-refractivity contribution is 5.67. The predicted molar refractivity (Wildman–Crippen MR) is 115 cm³/mol. The molecule has 0 aromatic heterocycles. The molecule has 6 aliphatic rings. The molecule has 6 heteroatoms. The Kier molecular flexibility index (Phi) is 4.08. The number of carbonyl (C=O) groups excluding carboxylic acids is 2. The number of ether oxygens (including phenoxy) is 4. The van der Waals surface area contributed by atoms with Crippen molar-refractivity contribution in [3.63, 3.8) is 0 Å². The van der Waals surface area contributed by atoms with E-state index in [1.165, 1.54) is 13.8 Å². The SMILES string of the molecule is CC(=O)OC1CC[C@]2(C)[C@H]3CC[C@@]4(C)[C@@H](C[C@@H](C)C45OC5(C)OC(C)=O)[C@@H]3C[C@@H]3O[C@@]32C1. The van der Waals surface area contributed by atoms with E-state index in [-0.39, 0.29) is 46.2 Å². The van der Waals surface area contributed by atoms with Crippen LogP contribution in [0.1, 0.15) is 86.5 Å². The molecule has 32 heavy (non-hydrogen) atoms. The number of carbonyl (C=O) groups is 2. The summed E-state index contributed by atoms with van der Waals surface area (Å²) < 4.78 is 24.4. The number of rotatable bonds is 2. The van der Waals surface area contributed by atoms with E-state index >= 15 is 0 Å².